The van der Waals surface area contributed by atoms with Crippen LogP contribution < -0.4 is 10.6 Å². The Kier molecular flexibility index (Phi) is 7.36. The van der Waals surface area contributed by atoms with E-state index in [-0.39, 0.29) is 18.1 Å². The molecule has 1 fully saturated rings. The minimum atomic E-state index is -0.601. The van der Waals surface area contributed by atoms with Crippen molar-refractivity contribution < 1.29 is 19.2 Å². The number of para-hydroxylation sites is 1. The molecule has 1 aliphatic carbocycles. The van der Waals surface area contributed by atoms with Crippen molar-refractivity contribution in [2.45, 2.75) is 64.0 Å². The highest BCUT2D eigenvalue weighted by Crippen LogP contribution is 2.28. The van der Waals surface area contributed by atoms with Gasteiger partial charge in [0.1, 0.15) is 5.60 Å². The van der Waals surface area contributed by atoms with Gasteiger partial charge in [0.2, 0.25) is 5.91 Å². The summed E-state index contributed by atoms with van der Waals surface area (Å²) in [7, 11) is 0. The minimum absolute atomic E-state index is 0.0631. The number of nitro benzene ring substituents is 1. The van der Waals surface area contributed by atoms with Crippen molar-refractivity contribution in [2.75, 3.05) is 6.54 Å². The number of alkyl carbamates (subject to hydrolysis) is 1. The summed E-state index contributed by atoms with van der Waals surface area (Å²) in [5.41, 5.74) is -0.863. The van der Waals surface area contributed by atoms with Crippen LogP contribution in [-0.4, -0.2) is 34.6 Å². The van der Waals surface area contributed by atoms with Gasteiger partial charge in [-0.05, 0) is 45.8 Å². The number of nitro groups is 1. The average molecular weight is 403 g/mol. The third kappa shape index (κ3) is 7.21. The second kappa shape index (κ2) is 9.54. The molecule has 0 heterocycles. The van der Waals surface area contributed by atoms with Crippen molar-refractivity contribution in [1.82, 2.24) is 10.6 Å². The van der Waals surface area contributed by atoms with Gasteiger partial charge < -0.3 is 15.4 Å². The standard InChI is InChI=1S/C21H29N3O5/c1-20(2,3)29-19(26)23-21(13-7-4-8-14-21)15-22-18(25)12-11-16-9-5-6-10-17(16)24(27)28/h5-6,9-12H,4,7-8,13-15H2,1-3H3,(H,22,25)(H,23,26)/b12-11+. The summed E-state index contributed by atoms with van der Waals surface area (Å²) < 4.78 is 5.37. The van der Waals surface area contributed by atoms with E-state index in [2.05, 4.69) is 10.6 Å². The highest BCUT2D eigenvalue weighted by molar-refractivity contribution is 5.92. The van der Waals surface area contributed by atoms with Crippen LogP contribution >= 0.6 is 0 Å². The summed E-state index contributed by atoms with van der Waals surface area (Å²) in [6.45, 7) is 5.67. The molecule has 29 heavy (non-hydrogen) atoms. The summed E-state index contributed by atoms with van der Waals surface area (Å²) in [5, 5.41) is 16.8. The molecule has 1 saturated carbocycles. The van der Waals surface area contributed by atoms with Gasteiger partial charge in [-0.3, -0.25) is 14.9 Å². The molecule has 1 aromatic rings. The number of benzene rings is 1. The maximum Gasteiger partial charge on any atom is 0.408 e. The molecule has 8 heteroatoms. The predicted molar refractivity (Wildman–Crippen MR) is 110 cm³/mol. The molecule has 158 valence electrons. The number of rotatable bonds is 6. The van der Waals surface area contributed by atoms with Crippen LogP contribution in [0, 0.1) is 10.1 Å². The molecule has 0 radical (unpaired) electrons. The first-order chi connectivity index (χ1) is 13.6. The Labute approximate surface area is 170 Å². The first kappa shape index (κ1) is 22.4. The quantitative estimate of drug-likeness (QED) is 0.424. The van der Waals surface area contributed by atoms with Gasteiger partial charge in [0.15, 0.2) is 0 Å². The molecule has 8 nitrogen and oxygen atoms in total. The number of ether oxygens (including phenoxy) is 1. The lowest BCUT2D eigenvalue weighted by Gasteiger charge is -2.38. The molecule has 2 N–H and O–H groups in total. The molecular weight excluding hydrogens is 374 g/mol. The van der Waals surface area contributed by atoms with Gasteiger partial charge >= 0.3 is 6.09 Å². The van der Waals surface area contributed by atoms with Crippen molar-refractivity contribution in [1.29, 1.82) is 0 Å². The predicted octanol–water partition coefficient (Wildman–Crippen LogP) is 3.95. The van der Waals surface area contributed by atoms with E-state index in [1.807, 2.05) is 0 Å². The van der Waals surface area contributed by atoms with Crippen LogP contribution in [0.5, 0.6) is 0 Å². The van der Waals surface area contributed by atoms with Crippen molar-refractivity contribution >= 4 is 23.8 Å². The van der Waals surface area contributed by atoms with Gasteiger partial charge in [0.25, 0.3) is 5.69 Å². The Morgan fingerprint density at radius 3 is 2.48 bits per heavy atom. The average Bonchev–Trinajstić information content (AvgIpc) is 2.64. The third-order valence-corrected chi connectivity index (χ3v) is 4.73. The number of nitrogens with one attached hydrogen (secondary N) is 2. The lowest BCUT2D eigenvalue weighted by molar-refractivity contribution is -0.385. The van der Waals surface area contributed by atoms with Crippen LogP contribution in [0.2, 0.25) is 0 Å². The number of nitrogens with zero attached hydrogens (tertiary/aromatic N) is 1. The molecule has 1 aliphatic rings. The zero-order valence-electron chi connectivity index (χ0n) is 17.2. The lowest BCUT2D eigenvalue weighted by Crippen LogP contribution is -2.57. The largest absolute Gasteiger partial charge is 0.444 e. The Hall–Kier alpha value is -2.90. The minimum Gasteiger partial charge on any atom is -0.444 e. The van der Waals surface area contributed by atoms with Crippen LogP contribution in [0.15, 0.2) is 30.3 Å². The molecule has 0 saturated heterocycles. The first-order valence-electron chi connectivity index (χ1n) is 9.81. The van der Waals surface area contributed by atoms with E-state index in [1.54, 1.807) is 39.0 Å². The highest BCUT2D eigenvalue weighted by Gasteiger charge is 2.35. The normalized spacial score (nSPS) is 16.2. The van der Waals surface area contributed by atoms with Crippen molar-refractivity contribution in [3.8, 4) is 0 Å². The zero-order valence-corrected chi connectivity index (χ0v) is 17.2. The number of hydrogen-bond acceptors (Lipinski definition) is 5. The molecule has 2 amide bonds. The monoisotopic (exact) mass is 403 g/mol. The molecule has 0 atom stereocenters. The van der Waals surface area contributed by atoms with E-state index >= 15 is 0 Å². The van der Waals surface area contributed by atoms with Gasteiger partial charge in [-0.1, -0.05) is 31.4 Å². The summed E-state index contributed by atoms with van der Waals surface area (Å²) in [5.74, 6) is -0.376. The third-order valence-electron chi connectivity index (χ3n) is 4.73. The van der Waals surface area contributed by atoms with Crippen LogP contribution in [0.1, 0.15) is 58.4 Å². The fraction of sp³-hybridized carbons (Fsp3) is 0.524. The molecule has 0 spiro atoms. The maximum absolute atomic E-state index is 12.3. The topological polar surface area (TPSA) is 111 Å². The van der Waals surface area contributed by atoms with E-state index in [0.29, 0.717) is 5.56 Å². The summed E-state index contributed by atoms with van der Waals surface area (Å²) in [4.78, 5) is 35.1. The van der Waals surface area contributed by atoms with Crippen molar-refractivity contribution in [2.24, 2.45) is 0 Å². The van der Waals surface area contributed by atoms with Crippen LogP contribution in [0.25, 0.3) is 6.08 Å². The smallest absolute Gasteiger partial charge is 0.408 e. The van der Waals surface area contributed by atoms with Gasteiger partial charge in [-0.25, -0.2) is 4.79 Å². The van der Waals surface area contributed by atoms with E-state index in [9.17, 15) is 19.7 Å². The highest BCUT2D eigenvalue weighted by atomic mass is 16.6. The van der Waals surface area contributed by atoms with E-state index in [4.69, 9.17) is 4.74 Å². The second-order valence-electron chi connectivity index (χ2n) is 8.33. The number of carbonyl (C=O) groups excluding carboxylic acids is 2. The molecule has 1 aromatic carbocycles. The molecule has 0 aromatic heterocycles. The molecule has 0 bridgehead atoms. The maximum atomic E-state index is 12.3. The lowest BCUT2D eigenvalue weighted by atomic mass is 9.81. The number of hydrogen-bond donors (Lipinski definition) is 2. The van der Waals surface area contributed by atoms with E-state index in [0.717, 1.165) is 32.1 Å². The second-order valence-corrected chi connectivity index (χ2v) is 8.33. The van der Waals surface area contributed by atoms with Crippen LogP contribution in [0.4, 0.5) is 10.5 Å². The Bertz CT molecular complexity index is 777. The number of amides is 2. The molecular formula is C21H29N3O5. The summed E-state index contributed by atoms with van der Waals surface area (Å²) >= 11 is 0. The Balaban J connectivity index is 2.01. The molecule has 0 unspecified atom stereocenters. The molecule has 2 rings (SSSR count). The van der Waals surface area contributed by atoms with Crippen LogP contribution in [0.3, 0.4) is 0 Å². The van der Waals surface area contributed by atoms with Gasteiger partial charge in [-0.15, -0.1) is 0 Å². The fourth-order valence-electron chi connectivity index (χ4n) is 3.37. The Morgan fingerprint density at radius 1 is 1.21 bits per heavy atom. The Morgan fingerprint density at radius 2 is 1.86 bits per heavy atom. The number of carbonyl (C=O) groups is 2. The molecule has 0 aliphatic heterocycles. The van der Waals surface area contributed by atoms with Crippen LogP contribution in [-0.2, 0) is 9.53 Å². The fourth-order valence-corrected chi connectivity index (χ4v) is 3.37. The summed E-state index contributed by atoms with van der Waals surface area (Å²) in [6, 6.07) is 6.21. The summed E-state index contributed by atoms with van der Waals surface area (Å²) in [6.07, 6.45) is 6.69. The zero-order chi connectivity index (χ0) is 21.5. The van der Waals surface area contributed by atoms with Gasteiger partial charge in [-0.2, -0.15) is 0 Å². The van der Waals surface area contributed by atoms with Gasteiger partial charge in [0.05, 0.1) is 16.0 Å². The SMILES string of the molecule is CC(C)(C)OC(=O)NC1(CNC(=O)/C=C/c2ccccc2[N+](=O)[O-])CCCCC1. The van der Waals surface area contributed by atoms with Crippen molar-refractivity contribution in [3.63, 3.8) is 0 Å². The van der Waals surface area contributed by atoms with E-state index < -0.39 is 22.2 Å². The first-order valence-corrected chi connectivity index (χ1v) is 9.81. The van der Waals surface area contributed by atoms with Crippen molar-refractivity contribution in [3.05, 3.63) is 46.0 Å². The van der Waals surface area contributed by atoms with E-state index in [1.165, 1.54) is 18.2 Å². The van der Waals surface area contributed by atoms with Gasteiger partial charge in [0, 0.05) is 18.7 Å².